The van der Waals surface area contributed by atoms with Gasteiger partial charge in [0.1, 0.15) is 5.82 Å². The third-order valence-electron chi connectivity index (χ3n) is 3.45. The fraction of sp³-hybridized carbons (Fsp3) is 0.176. The maximum atomic E-state index is 13.2. The van der Waals surface area contributed by atoms with Gasteiger partial charge in [-0.3, -0.25) is 4.79 Å². The number of thioether (sulfide) groups is 1. The third-order valence-corrected chi connectivity index (χ3v) is 5.44. The molecule has 0 fully saturated rings. The van der Waals surface area contributed by atoms with Gasteiger partial charge in [-0.2, -0.15) is 0 Å². The number of thiophene rings is 1. The van der Waals surface area contributed by atoms with E-state index in [0.717, 1.165) is 15.6 Å². The number of carbonyl (C=O) groups excluding carboxylic acids is 1. The van der Waals surface area contributed by atoms with Crippen molar-refractivity contribution in [3.63, 3.8) is 0 Å². The van der Waals surface area contributed by atoms with E-state index >= 15 is 0 Å². The highest BCUT2D eigenvalue weighted by Crippen LogP contribution is 2.26. The number of nitrogens with one attached hydrogen (secondary N) is 1. The second kappa shape index (κ2) is 7.63. The summed E-state index contributed by atoms with van der Waals surface area (Å²) in [5, 5.41) is 5.78. The summed E-state index contributed by atoms with van der Waals surface area (Å²) in [5.74, 6) is -0.112. The first-order valence-electron chi connectivity index (χ1n) is 7.32. The number of nitrogens with zero attached hydrogens (tertiary/aromatic N) is 2. The Labute approximate surface area is 147 Å². The average Bonchev–Trinajstić information content (AvgIpc) is 3.23. The highest BCUT2D eigenvalue weighted by molar-refractivity contribution is 7.99. The van der Waals surface area contributed by atoms with Crippen LogP contribution in [-0.2, 0) is 11.8 Å². The van der Waals surface area contributed by atoms with E-state index in [-0.39, 0.29) is 23.5 Å². The van der Waals surface area contributed by atoms with E-state index in [2.05, 4.69) is 10.3 Å². The van der Waals surface area contributed by atoms with Gasteiger partial charge in [0.15, 0.2) is 5.16 Å². The molecule has 0 unspecified atom stereocenters. The van der Waals surface area contributed by atoms with Crippen molar-refractivity contribution in [2.75, 3.05) is 5.75 Å². The number of aromatic nitrogens is 2. The molecule has 0 aliphatic rings. The van der Waals surface area contributed by atoms with Crippen LogP contribution in [0.1, 0.15) is 16.5 Å². The Morgan fingerprint density at radius 3 is 2.79 bits per heavy atom. The van der Waals surface area contributed by atoms with Crippen LogP contribution in [0.4, 0.5) is 4.39 Å². The predicted octanol–water partition coefficient (Wildman–Crippen LogP) is 3.62. The van der Waals surface area contributed by atoms with Crippen LogP contribution < -0.4 is 5.32 Å². The number of amides is 1. The fourth-order valence-corrected chi connectivity index (χ4v) is 3.80. The maximum absolute atomic E-state index is 13.2. The SMILES string of the molecule is Cn1ccnc1SCC(=O)N[C@H](c1ccc(F)cc1)c1cccs1. The topological polar surface area (TPSA) is 46.9 Å². The summed E-state index contributed by atoms with van der Waals surface area (Å²) in [6, 6.07) is 9.84. The highest BCUT2D eigenvalue weighted by atomic mass is 32.2. The molecule has 1 N–H and O–H groups in total. The van der Waals surface area contributed by atoms with Gasteiger partial charge < -0.3 is 9.88 Å². The molecule has 7 heteroatoms. The van der Waals surface area contributed by atoms with Crippen molar-refractivity contribution >= 4 is 29.0 Å². The molecule has 2 heterocycles. The molecule has 0 aliphatic carbocycles. The zero-order valence-corrected chi connectivity index (χ0v) is 14.6. The summed E-state index contributed by atoms with van der Waals surface area (Å²) in [5.41, 5.74) is 0.856. The lowest BCUT2D eigenvalue weighted by Crippen LogP contribution is -2.30. The zero-order chi connectivity index (χ0) is 16.9. The van der Waals surface area contributed by atoms with E-state index in [1.54, 1.807) is 29.7 Å². The van der Waals surface area contributed by atoms with Crippen molar-refractivity contribution in [3.8, 4) is 0 Å². The molecular formula is C17H16FN3OS2. The minimum absolute atomic E-state index is 0.0919. The van der Waals surface area contributed by atoms with Crippen molar-refractivity contribution in [3.05, 3.63) is 70.4 Å². The van der Waals surface area contributed by atoms with E-state index in [9.17, 15) is 9.18 Å². The number of carbonyl (C=O) groups is 1. The Morgan fingerprint density at radius 1 is 1.38 bits per heavy atom. The molecule has 0 aliphatic heterocycles. The smallest absolute Gasteiger partial charge is 0.231 e. The monoisotopic (exact) mass is 361 g/mol. The van der Waals surface area contributed by atoms with Gasteiger partial charge in [-0.05, 0) is 29.1 Å². The Hall–Kier alpha value is -2.12. The molecule has 0 bridgehead atoms. The van der Waals surface area contributed by atoms with Crippen LogP contribution in [0.25, 0.3) is 0 Å². The molecule has 24 heavy (non-hydrogen) atoms. The first-order chi connectivity index (χ1) is 11.6. The van der Waals surface area contributed by atoms with Crippen LogP contribution in [0.3, 0.4) is 0 Å². The summed E-state index contributed by atoms with van der Waals surface area (Å²) >= 11 is 2.94. The van der Waals surface area contributed by atoms with Crippen molar-refractivity contribution in [1.29, 1.82) is 0 Å². The minimum atomic E-state index is -0.291. The quantitative estimate of drug-likeness (QED) is 0.682. The van der Waals surface area contributed by atoms with E-state index in [4.69, 9.17) is 0 Å². The molecule has 3 aromatic rings. The molecule has 2 aromatic heterocycles. The van der Waals surface area contributed by atoms with Gasteiger partial charge in [-0.25, -0.2) is 9.37 Å². The Morgan fingerprint density at radius 2 is 2.17 bits per heavy atom. The lowest BCUT2D eigenvalue weighted by Gasteiger charge is -2.18. The van der Waals surface area contributed by atoms with Crippen molar-refractivity contribution in [2.24, 2.45) is 7.05 Å². The lowest BCUT2D eigenvalue weighted by molar-refractivity contribution is -0.119. The predicted molar refractivity (Wildman–Crippen MR) is 94.6 cm³/mol. The largest absolute Gasteiger partial charge is 0.344 e. The average molecular weight is 361 g/mol. The van der Waals surface area contributed by atoms with Gasteiger partial charge in [0, 0.05) is 24.3 Å². The van der Waals surface area contributed by atoms with Crippen molar-refractivity contribution in [1.82, 2.24) is 14.9 Å². The van der Waals surface area contributed by atoms with Gasteiger partial charge >= 0.3 is 0 Å². The molecule has 4 nitrogen and oxygen atoms in total. The van der Waals surface area contributed by atoms with Gasteiger partial charge in [-0.1, -0.05) is 30.0 Å². The second-order valence-electron chi connectivity index (χ2n) is 5.18. The lowest BCUT2D eigenvalue weighted by atomic mass is 10.1. The summed E-state index contributed by atoms with van der Waals surface area (Å²) < 4.78 is 15.0. The number of benzene rings is 1. The third kappa shape index (κ3) is 4.04. The second-order valence-corrected chi connectivity index (χ2v) is 7.10. The molecule has 1 atom stereocenters. The number of aryl methyl sites for hydroxylation is 1. The Bertz CT molecular complexity index is 800. The van der Waals surface area contributed by atoms with Crippen LogP contribution in [0, 0.1) is 5.82 Å². The summed E-state index contributed by atoms with van der Waals surface area (Å²) in [6.45, 7) is 0. The highest BCUT2D eigenvalue weighted by Gasteiger charge is 2.18. The summed E-state index contributed by atoms with van der Waals surface area (Å²) in [7, 11) is 1.89. The van der Waals surface area contributed by atoms with Crippen LogP contribution >= 0.6 is 23.1 Å². The van der Waals surface area contributed by atoms with Crippen molar-refractivity contribution < 1.29 is 9.18 Å². The summed E-state index contributed by atoms with van der Waals surface area (Å²) in [6.07, 6.45) is 3.54. The molecule has 0 saturated carbocycles. The number of halogens is 1. The molecule has 0 saturated heterocycles. The van der Waals surface area contributed by atoms with Crippen LogP contribution in [0.2, 0.25) is 0 Å². The van der Waals surface area contributed by atoms with Gasteiger partial charge in [0.25, 0.3) is 0 Å². The first kappa shape index (κ1) is 16.7. The number of hydrogen-bond acceptors (Lipinski definition) is 4. The van der Waals surface area contributed by atoms with E-state index < -0.39 is 0 Å². The number of hydrogen-bond donors (Lipinski definition) is 1. The van der Waals surface area contributed by atoms with Gasteiger partial charge in [0.2, 0.25) is 5.91 Å². The van der Waals surface area contributed by atoms with Gasteiger partial charge in [0.05, 0.1) is 11.8 Å². The number of rotatable bonds is 6. The molecule has 1 aromatic carbocycles. The molecule has 0 spiro atoms. The van der Waals surface area contributed by atoms with Crippen LogP contribution in [0.15, 0.2) is 59.3 Å². The van der Waals surface area contributed by atoms with E-state index in [1.165, 1.54) is 23.9 Å². The minimum Gasteiger partial charge on any atom is -0.344 e. The standard InChI is InChI=1S/C17H16FN3OS2/c1-21-9-8-19-17(21)24-11-15(22)20-16(14-3-2-10-23-14)12-4-6-13(18)7-5-12/h2-10,16H,11H2,1H3,(H,20,22)/t16-/m1/s1. The first-order valence-corrected chi connectivity index (χ1v) is 9.18. The Kier molecular flexibility index (Phi) is 5.32. The Balaban J connectivity index is 1.71. The molecular weight excluding hydrogens is 345 g/mol. The normalized spacial score (nSPS) is 12.1. The van der Waals surface area contributed by atoms with Crippen LogP contribution in [-0.4, -0.2) is 21.2 Å². The van der Waals surface area contributed by atoms with E-state index in [1.807, 2.05) is 35.3 Å². The van der Waals surface area contributed by atoms with Gasteiger partial charge in [-0.15, -0.1) is 11.3 Å². The zero-order valence-electron chi connectivity index (χ0n) is 13.0. The fourth-order valence-electron chi connectivity index (χ4n) is 2.25. The van der Waals surface area contributed by atoms with Crippen LogP contribution in [0.5, 0.6) is 0 Å². The van der Waals surface area contributed by atoms with E-state index in [0.29, 0.717) is 0 Å². The molecule has 1 amide bonds. The maximum Gasteiger partial charge on any atom is 0.231 e. The molecule has 124 valence electrons. The summed E-state index contributed by atoms with van der Waals surface area (Å²) in [4.78, 5) is 17.6. The molecule has 0 radical (unpaired) electrons. The molecule has 3 rings (SSSR count). The number of imidazole rings is 1. The van der Waals surface area contributed by atoms with Crippen molar-refractivity contribution in [2.45, 2.75) is 11.2 Å².